The monoisotopic (exact) mass is 454 g/mol. The van der Waals surface area contributed by atoms with Crippen molar-refractivity contribution < 1.29 is 9.26 Å². The van der Waals surface area contributed by atoms with Gasteiger partial charge in [-0.25, -0.2) is 0 Å². The van der Waals surface area contributed by atoms with Crippen LogP contribution in [0.1, 0.15) is 5.56 Å². The lowest BCUT2D eigenvalue weighted by atomic mass is 10.1. The highest BCUT2D eigenvalue weighted by Gasteiger charge is 2.22. The van der Waals surface area contributed by atoms with E-state index in [-0.39, 0.29) is 5.56 Å². The van der Waals surface area contributed by atoms with Crippen LogP contribution >= 0.6 is 8.81 Å². The molecule has 0 amide bonds. The third-order valence-corrected chi connectivity index (χ3v) is 5.92. The molecule has 2 heterocycles. The van der Waals surface area contributed by atoms with E-state index in [1.54, 1.807) is 24.9 Å². The molecule has 1 aromatic carbocycles. The molecule has 0 atom stereocenters. The minimum Gasteiger partial charge on any atom is -0.665 e. The molecule has 1 fully saturated rings. The van der Waals surface area contributed by atoms with Crippen LogP contribution in [-0.4, -0.2) is 67.9 Å². The number of likely N-dealkylation sites (N-methyl/N-ethyl adjacent to an activating group) is 1. The topological polar surface area (TPSA) is 74.0 Å². The molecule has 1 aromatic heterocycles. The number of pyridine rings is 1. The Balaban J connectivity index is 1.71. The number of ether oxygens (including phenoxy) is 1. The Morgan fingerprint density at radius 3 is 2.50 bits per heavy atom. The summed E-state index contributed by atoms with van der Waals surface area (Å²) in [6.45, 7) is 10.1. The average Bonchev–Trinajstić information content (AvgIpc) is 2.84. The molecule has 0 radical (unpaired) electrons. The first-order chi connectivity index (χ1) is 15.5. The van der Waals surface area contributed by atoms with E-state index >= 15 is 0 Å². The van der Waals surface area contributed by atoms with Crippen molar-refractivity contribution in [2.45, 2.75) is 6.54 Å². The summed E-state index contributed by atoms with van der Waals surface area (Å²) in [5, 5.41) is 8.93. The van der Waals surface area contributed by atoms with Crippen molar-refractivity contribution in [1.82, 2.24) is 14.4 Å². The van der Waals surface area contributed by atoms with Crippen LogP contribution in [0.2, 0.25) is 0 Å². The van der Waals surface area contributed by atoms with E-state index in [0.717, 1.165) is 48.9 Å². The van der Waals surface area contributed by atoms with Gasteiger partial charge in [-0.05, 0) is 35.9 Å². The van der Waals surface area contributed by atoms with E-state index < -0.39 is 0 Å². The van der Waals surface area contributed by atoms with Gasteiger partial charge >= 0.3 is 0 Å². The average molecular weight is 454 g/mol. The van der Waals surface area contributed by atoms with Gasteiger partial charge in [0.25, 0.3) is 5.56 Å². The lowest BCUT2D eigenvalue weighted by Gasteiger charge is -2.39. The van der Waals surface area contributed by atoms with Crippen LogP contribution in [0.15, 0.2) is 47.9 Å². The largest absolute Gasteiger partial charge is 0.665 e. The van der Waals surface area contributed by atoms with Gasteiger partial charge in [-0.15, -0.1) is 0 Å². The standard InChI is InChI=1S/C23H29N5O3P/c1-18(19-5-7-20(30-3)8-6-19)26-13-15-27(16-14-26)21-9-10-28(12-11-25(2)17-24)23(29)22(21)31-32-4/h5-10H,1,11-16H2,2-4H3/q-1. The van der Waals surface area contributed by atoms with Crippen molar-refractivity contribution in [3.63, 3.8) is 0 Å². The summed E-state index contributed by atoms with van der Waals surface area (Å²) in [6, 6.07) is 9.84. The van der Waals surface area contributed by atoms with Crippen molar-refractivity contribution in [2.24, 2.45) is 0 Å². The molecule has 8 nitrogen and oxygen atoms in total. The lowest BCUT2D eigenvalue weighted by Crippen LogP contribution is -2.46. The summed E-state index contributed by atoms with van der Waals surface area (Å²) in [5.41, 5.74) is 2.68. The van der Waals surface area contributed by atoms with Gasteiger partial charge in [-0.2, -0.15) is 11.9 Å². The third-order valence-electron chi connectivity index (χ3n) is 5.56. The van der Waals surface area contributed by atoms with Gasteiger partial charge in [0.05, 0.1) is 12.8 Å². The predicted molar refractivity (Wildman–Crippen MR) is 128 cm³/mol. The van der Waals surface area contributed by atoms with Crippen LogP contribution in [-0.2, 0) is 6.54 Å². The maximum atomic E-state index is 13.0. The van der Waals surface area contributed by atoms with Gasteiger partial charge in [0, 0.05) is 58.2 Å². The summed E-state index contributed by atoms with van der Waals surface area (Å²) in [6.07, 6.45) is 3.83. The molecular weight excluding hydrogens is 425 g/mol. The minimum absolute atomic E-state index is 0.173. The number of aromatic nitrogens is 1. The van der Waals surface area contributed by atoms with Gasteiger partial charge in [0.2, 0.25) is 0 Å². The van der Waals surface area contributed by atoms with Crippen LogP contribution in [0.3, 0.4) is 0 Å². The number of piperazine rings is 1. The van der Waals surface area contributed by atoms with Crippen molar-refractivity contribution >= 4 is 20.2 Å². The molecule has 32 heavy (non-hydrogen) atoms. The predicted octanol–water partition coefficient (Wildman–Crippen LogP) is 2.93. The van der Waals surface area contributed by atoms with Gasteiger partial charge in [0.1, 0.15) is 5.75 Å². The number of hydrogen-bond donors (Lipinski definition) is 0. The summed E-state index contributed by atoms with van der Waals surface area (Å²) in [7, 11) is 4.01. The maximum absolute atomic E-state index is 13.0. The number of hydrogen-bond acceptors (Lipinski definition) is 7. The summed E-state index contributed by atoms with van der Waals surface area (Å²) < 4.78 is 12.6. The molecule has 0 spiro atoms. The molecule has 0 unspecified atom stereocenters. The molecule has 3 rings (SSSR count). The fourth-order valence-electron chi connectivity index (χ4n) is 3.64. The van der Waals surface area contributed by atoms with Crippen LogP contribution in [0.5, 0.6) is 11.5 Å². The highest BCUT2D eigenvalue weighted by Crippen LogP contribution is 2.30. The first-order valence-corrected chi connectivity index (χ1v) is 11.7. The Hall–Kier alpha value is -3.17. The fraction of sp³-hybridized carbons (Fsp3) is 0.391. The molecule has 2 aromatic rings. The second kappa shape index (κ2) is 10.9. The second-order valence-electron chi connectivity index (χ2n) is 7.47. The zero-order chi connectivity index (χ0) is 23.1. The zero-order valence-electron chi connectivity index (χ0n) is 18.8. The van der Waals surface area contributed by atoms with E-state index in [1.165, 1.54) is 4.90 Å². The van der Waals surface area contributed by atoms with Crippen molar-refractivity contribution in [3.8, 4) is 17.7 Å². The molecular formula is C23H29N5O3P-. The van der Waals surface area contributed by atoms with Crippen LogP contribution in [0.4, 0.5) is 5.69 Å². The third kappa shape index (κ3) is 5.35. The number of nitrogens with zero attached hydrogens (tertiary/aromatic N) is 5. The SMILES string of the molecule is C=C(c1ccc(OC)cc1)N1CCN(c2ccn(CCN(C)C#N)c(=O)c2O[P-]C)CC1. The molecule has 0 saturated carbocycles. The summed E-state index contributed by atoms with van der Waals surface area (Å²) in [5.74, 6) is 1.18. The van der Waals surface area contributed by atoms with E-state index in [4.69, 9.17) is 14.5 Å². The smallest absolute Gasteiger partial charge is 0.292 e. The highest BCUT2D eigenvalue weighted by atomic mass is 31.1. The summed E-state index contributed by atoms with van der Waals surface area (Å²) >= 11 is 0. The minimum atomic E-state index is -0.173. The Morgan fingerprint density at radius 1 is 1.22 bits per heavy atom. The quantitative estimate of drug-likeness (QED) is 0.328. The summed E-state index contributed by atoms with van der Waals surface area (Å²) in [4.78, 5) is 18.9. The number of rotatable bonds is 9. The van der Waals surface area contributed by atoms with Crippen molar-refractivity contribution in [2.75, 3.05) is 58.4 Å². The maximum Gasteiger partial charge on any atom is 0.292 e. The van der Waals surface area contributed by atoms with Gasteiger partial charge in [-0.3, -0.25) is 4.79 Å². The fourth-order valence-corrected chi connectivity index (χ4v) is 3.99. The number of benzene rings is 1. The molecule has 9 heteroatoms. The molecule has 0 bridgehead atoms. The Kier molecular flexibility index (Phi) is 8.02. The van der Waals surface area contributed by atoms with E-state index in [0.29, 0.717) is 27.6 Å². The van der Waals surface area contributed by atoms with E-state index in [1.807, 2.05) is 43.2 Å². The van der Waals surface area contributed by atoms with Crippen LogP contribution < -0.4 is 19.7 Å². The van der Waals surface area contributed by atoms with Gasteiger partial charge in [0.15, 0.2) is 11.9 Å². The Morgan fingerprint density at radius 2 is 1.91 bits per heavy atom. The van der Waals surface area contributed by atoms with E-state index in [9.17, 15) is 4.79 Å². The normalized spacial score (nSPS) is 13.8. The number of methoxy groups -OCH3 is 1. The van der Waals surface area contributed by atoms with Crippen LogP contribution in [0.25, 0.3) is 5.70 Å². The molecule has 0 N–H and O–H groups in total. The van der Waals surface area contributed by atoms with Crippen LogP contribution in [0, 0.1) is 11.5 Å². The van der Waals surface area contributed by atoms with Gasteiger partial charge in [-0.1, -0.05) is 6.58 Å². The second-order valence-corrected chi connectivity index (χ2v) is 8.02. The van der Waals surface area contributed by atoms with Gasteiger partial charge < -0.3 is 37.3 Å². The first-order valence-electron chi connectivity index (χ1n) is 10.4. The molecule has 1 aliphatic heterocycles. The molecule has 170 valence electrons. The molecule has 1 aliphatic rings. The van der Waals surface area contributed by atoms with Crippen molar-refractivity contribution in [1.29, 1.82) is 5.26 Å². The number of nitriles is 1. The molecule has 1 saturated heterocycles. The number of anilines is 1. The Labute approximate surface area is 191 Å². The Bertz CT molecular complexity index is 1020. The zero-order valence-corrected chi connectivity index (χ0v) is 19.7. The lowest BCUT2D eigenvalue weighted by molar-refractivity contribution is 0.366. The molecule has 0 aliphatic carbocycles. The first kappa shape index (κ1) is 23.5. The van der Waals surface area contributed by atoms with Crippen molar-refractivity contribution in [3.05, 3.63) is 59.0 Å². The highest BCUT2D eigenvalue weighted by molar-refractivity contribution is 7.31. The van der Waals surface area contributed by atoms with E-state index in [2.05, 4.69) is 16.4 Å².